The Morgan fingerprint density at radius 3 is 2.95 bits per heavy atom. The van der Waals surface area contributed by atoms with E-state index in [1.165, 1.54) is 24.1 Å². The van der Waals surface area contributed by atoms with Crippen molar-refractivity contribution < 1.29 is 4.79 Å². The molecule has 0 radical (unpaired) electrons. The van der Waals surface area contributed by atoms with Crippen LogP contribution >= 0.6 is 0 Å². The highest BCUT2D eigenvalue weighted by Gasteiger charge is 2.17. The van der Waals surface area contributed by atoms with Gasteiger partial charge in [-0.1, -0.05) is 6.92 Å². The third-order valence-corrected chi connectivity index (χ3v) is 4.90. The Balaban J connectivity index is 1.55. The molecule has 1 fully saturated rings. The number of ketones is 1. The van der Waals surface area contributed by atoms with Crippen LogP contribution in [-0.2, 0) is 6.42 Å². The smallest absolute Gasteiger partial charge is 0.164 e. The molecular weight excluding hydrogens is 260 g/mol. The van der Waals surface area contributed by atoms with Crippen LogP contribution in [0.3, 0.4) is 0 Å². The topological polar surface area (TPSA) is 32.3 Å². The average Bonchev–Trinajstić information content (AvgIpc) is 2.53. The van der Waals surface area contributed by atoms with Gasteiger partial charge in [0, 0.05) is 30.8 Å². The summed E-state index contributed by atoms with van der Waals surface area (Å²) >= 11 is 0. The van der Waals surface area contributed by atoms with Gasteiger partial charge in [0.25, 0.3) is 0 Å². The van der Waals surface area contributed by atoms with Crippen molar-refractivity contribution in [3.8, 4) is 0 Å². The average molecular weight is 286 g/mol. The first kappa shape index (κ1) is 14.6. The molecule has 0 aromatic heterocycles. The summed E-state index contributed by atoms with van der Waals surface area (Å²) in [6.07, 6.45) is 5.46. The zero-order valence-corrected chi connectivity index (χ0v) is 13.0. The highest BCUT2D eigenvalue weighted by molar-refractivity contribution is 5.96. The summed E-state index contributed by atoms with van der Waals surface area (Å²) in [4.78, 5) is 14.8. The fraction of sp³-hybridized carbons (Fsp3) is 0.611. The van der Waals surface area contributed by atoms with E-state index in [0.29, 0.717) is 12.2 Å². The molecule has 3 nitrogen and oxygen atoms in total. The number of anilines is 1. The number of benzene rings is 1. The molecular formula is C18H26N2O. The summed E-state index contributed by atoms with van der Waals surface area (Å²) in [7, 11) is 0. The normalized spacial score (nSPS) is 19.9. The predicted octanol–water partition coefficient (Wildman–Crippen LogP) is 3.35. The molecule has 0 bridgehead atoms. The molecule has 3 rings (SSSR count). The van der Waals surface area contributed by atoms with Gasteiger partial charge in [-0.2, -0.15) is 0 Å². The summed E-state index contributed by atoms with van der Waals surface area (Å²) in [5, 5.41) is 3.40. The maximum atomic E-state index is 12.4. The van der Waals surface area contributed by atoms with Gasteiger partial charge in [-0.15, -0.1) is 0 Å². The minimum absolute atomic E-state index is 0.294. The van der Waals surface area contributed by atoms with Gasteiger partial charge in [0.05, 0.1) is 0 Å². The third kappa shape index (κ3) is 3.65. The molecule has 2 aliphatic heterocycles. The van der Waals surface area contributed by atoms with Crippen LogP contribution in [0.1, 0.15) is 48.5 Å². The number of hydrogen-bond donors (Lipinski definition) is 1. The molecule has 0 spiro atoms. The molecule has 114 valence electrons. The molecule has 0 aliphatic carbocycles. The van der Waals surface area contributed by atoms with E-state index in [4.69, 9.17) is 0 Å². The fourth-order valence-electron chi connectivity index (χ4n) is 3.34. The van der Waals surface area contributed by atoms with E-state index in [1.54, 1.807) is 0 Å². The Kier molecular flexibility index (Phi) is 4.59. The van der Waals surface area contributed by atoms with Gasteiger partial charge in [-0.3, -0.25) is 4.79 Å². The van der Waals surface area contributed by atoms with E-state index in [-0.39, 0.29) is 0 Å². The van der Waals surface area contributed by atoms with Gasteiger partial charge in [-0.25, -0.2) is 0 Å². The van der Waals surface area contributed by atoms with Crippen molar-refractivity contribution in [3.63, 3.8) is 0 Å². The first-order chi connectivity index (χ1) is 10.2. The quantitative estimate of drug-likeness (QED) is 0.862. The molecule has 3 heteroatoms. The molecule has 1 aromatic carbocycles. The van der Waals surface area contributed by atoms with Gasteiger partial charge in [0.15, 0.2) is 5.78 Å². The number of nitrogens with zero attached hydrogens (tertiary/aromatic N) is 1. The summed E-state index contributed by atoms with van der Waals surface area (Å²) in [6.45, 7) is 6.60. The second-order valence-corrected chi connectivity index (χ2v) is 6.60. The monoisotopic (exact) mass is 286 g/mol. The minimum atomic E-state index is 0.294. The van der Waals surface area contributed by atoms with Crippen LogP contribution in [0.4, 0.5) is 5.69 Å². The number of carbonyl (C=O) groups excluding carboxylic acids is 1. The standard InChI is InChI=1S/C18H26N2O/c1-14-6-10-20(11-7-14)12-8-18(21)16-4-5-17-15(13-16)3-2-9-19-17/h4-5,13-14,19H,2-3,6-12H2,1H3. The van der Waals surface area contributed by atoms with Crippen LogP contribution in [0.5, 0.6) is 0 Å². The lowest BCUT2D eigenvalue weighted by Gasteiger charge is -2.29. The highest BCUT2D eigenvalue weighted by Crippen LogP contribution is 2.23. The van der Waals surface area contributed by atoms with Gasteiger partial charge in [0.2, 0.25) is 0 Å². The summed E-state index contributed by atoms with van der Waals surface area (Å²) in [6, 6.07) is 6.16. The van der Waals surface area contributed by atoms with Crippen LogP contribution < -0.4 is 5.32 Å². The number of piperidine rings is 1. The number of Topliss-reactive ketones (excluding diaryl/α,β-unsaturated/α-hetero) is 1. The van der Waals surface area contributed by atoms with Crippen molar-refractivity contribution >= 4 is 11.5 Å². The minimum Gasteiger partial charge on any atom is -0.385 e. The maximum absolute atomic E-state index is 12.4. The van der Waals surface area contributed by atoms with Crippen LogP contribution in [-0.4, -0.2) is 36.9 Å². The van der Waals surface area contributed by atoms with Gasteiger partial charge < -0.3 is 10.2 Å². The molecule has 2 heterocycles. The first-order valence-electron chi connectivity index (χ1n) is 8.35. The zero-order valence-electron chi connectivity index (χ0n) is 13.0. The van der Waals surface area contributed by atoms with Gasteiger partial charge >= 0.3 is 0 Å². The van der Waals surface area contributed by atoms with E-state index in [1.807, 2.05) is 6.07 Å². The van der Waals surface area contributed by atoms with E-state index in [0.717, 1.165) is 50.5 Å². The Labute approximate surface area is 127 Å². The van der Waals surface area contributed by atoms with Crippen molar-refractivity contribution in [2.45, 2.75) is 39.0 Å². The van der Waals surface area contributed by atoms with Crippen molar-refractivity contribution in [1.82, 2.24) is 4.90 Å². The molecule has 1 aromatic rings. The molecule has 2 aliphatic rings. The molecule has 0 saturated carbocycles. The molecule has 21 heavy (non-hydrogen) atoms. The Bertz CT molecular complexity index is 504. The van der Waals surface area contributed by atoms with Crippen LogP contribution in [0.2, 0.25) is 0 Å². The summed E-state index contributed by atoms with van der Waals surface area (Å²) < 4.78 is 0. The highest BCUT2D eigenvalue weighted by atomic mass is 16.1. The van der Waals surface area contributed by atoms with Crippen molar-refractivity contribution in [2.24, 2.45) is 5.92 Å². The molecule has 0 unspecified atom stereocenters. The van der Waals surface area contributed by atoms with Gasteiger partial charge in [0.1, 0.15) is 0 Å². The fourth-order valence-corrected chi connectivity index (χ4v) is 3.34. The maximum Gasteiger partial charge on any atom is 0.164 e. The number of aryl methyl sites for hydroxylation is 1. The van der Waals surface area contributed by atoms with E-state index < -0.39 is 0 Å². The number of hydrogen-bond acceptors (Lipinski definition) is 3. The lowest BCUT2D eigenvalue weighted by atomic mass is 9.97. The molecule has 0 atom stereocenters. The van der Waals surface area contributed by atoms with Gasteiger partial charge in [-0.05, 0) is 68.5 Å². The Morgan fingerprint density at radius 2 is 2.14 bits per heavy atom. The van der Waals surface area contributed by atoms with Crippen LogP contribution in [0.25, 0.3) is 0 Å². The Morgan fingerprint density at radius 1 is 1.33 bits per heavy atom. The van der Waals surface area contributed by atoms with Crippen molar-refractivity contribution in [3.05, 3.63) is 29.3 Å². The summed E-state index contributed by atoms with van der Waals surface area (Å²) in [5.41, 5.74) is 3.41. The molecule has 1 N–H and O–H groups in total. The summed E-state index contributed by atoms with van der Waals surface area (Å²) in [5.74, 6) is 1.15. The van der Waals surface area contributed by atoms with E-state index in [2.05, 4.69) is 29.3 Å². The second kappa shape index (κ2) is 6.61. The number of likely N-dealkylation sites (tertiary alicyclic amines) is 1. The van der Waals surface area contributed by atoms with E-state index in [9.17, 15) is 4.79 Å². The predicted molar refractivity (Wildman–Crippen MR) is 87.0 cm³/mol. The number of fused-ring (bicyclic) bond motifs is 1. The van der Waals surface area contributed by atoms with Crippen molar-refractivity contribution in [2.75, 3.05) is 31.5 Å². The zero-order chi connectivity index (χ0) is 14.7. The molecule has 0 amide bonds. The van der Waals surface area contributed by atoms with Crippen LogP contribution in [0.15, 0.2) is 18.2 Å². The number of nitrogens with one attached hydrogen (secondary N) is 1. The van der Waals surface area contributed by atoms with E-state index >= 15 is 0 Å². The van der Waals surface area contributed by atoms with Crippen molar-refractivity contribution in [1.29, 1.82) is 0 Å². The first-order valence-corrected chi connectivity index (χ1v) is 8.35. The lowest BCUT2D eigenvalue weighted by molar-refractivity contribution is 0.0953. The number of carbonyl (C=O) groups is 1. The second-order valence-electron chi connectivity index (χ2n) is 6.60. The Hall–Kier alpha value is -1.35. The third-order valence-electron chi connectivity index (χ3n) is 4.90. The number of rotatable bonds is 4. The van der Waals surface area contributed by atoms with Crippen LogP contribution in [0, 0.1) is 5.92 Å². The largest absolute Gasteiger partial charge is 0.385 e. The SMILES string of the molecule is CC1CCN(CCC(=O)c2ccc3c(c2)CCCN3)CC1. The molecule has 1 saturated heterocycles. The lowest BCUT2D eigenvalue weighted by Crippen LogP contribution is -2.34.